The van der Waals surface area contributed by atoms with Gasteiger partial charge in [-0.05, 0) is 29.8 Å². The standard InChI is InChI=1S/C17H12ClNO4/c18-11-2-1-3-12(5-11)19-8-10-4-17(20)23-14-7-16-15(6-13(10)14)21-9-22-16/h1-7,19H,8-9H2. The van der Waals surface area contributed by atoms with Gasteiger partial charge < -0.3 is 19.2 Å². The Labute approximate surface area is 136 Å². The number of hydrogen-bond acceptors (Lipinski definition) is 5. The van der Waals surface area contributed by atoms with Crippen LogP contribution in [0.5, 0.6) is 11.5 Å². The van der Waals surface area contributed by atoms with Crippen LogP contribution in [0, 0.1) is 0 Å². The van der Waals surface area contributed by atoms with Crippen molar-refractivity contribution in [1.82, 2.24) is 0 Å². The summed E-state index contributed by atoms with van der Waals surface area (Å²) in [5, 5.41) is 4.71. The minimum Gasteiger partial charge on any atom is -0.454 e. The topological polar surface area (TPSA) is 60.7 Å². The molecule has 0 unspecified atom stereocenters. The van der Waals surface area contributed by atoms with Gasteiger partial charge in [0.15, 0.2) is 11.5 Å². The molecule has 0 radical (unpaired) electrons. The molecule has 0 saturated carbocycles. The van der Waals surface area contributed by atoms with E-state index in [1.54, 1.807) is 12.1 Å². The number of hydrogen-bond donors (Lipinski definition) is 1. The van der Waals surface area contributed by atoms with Crippen LogP contribution >= 0.6 is 11.6 Å². The molecule has 0 spiro atoms. The van der Waals surface area contributed by atoms with E-state index in [1.807, 2.05) is 24.3 Å². The lowest BCUT2D eigenvalue weighted by Gasteiger charge is -2.09. The van der Waals surface area contributed by atoms with Gasteiger partial charge >= 0.3 is 5.63 Å². The van der Waals surface area contributed by atoms with E-state index in [4.69, 9.17) is 25.5 Å². The largest absolute Gasteiger partial charge is 0.454 e. The van der Waals surface area contributed by atoms with Crippen molar-refractivity contribution in [3.8, 4) is 11.5 Å². The second-order valence-electron chi connectivity index (χ2n) is 5.16. The number of anilines is 1. The number of halogens is 1. The van der Waals surface area contributed by atoms with E-state index in [0.29, 0.717) is 28.6 Å². The van der Waals surface area contributed by atoms with Crippen LogP contribution in [0.15, 0.2) is 51.7 Å². The van der Waals surface area contributed by atoms with Crippen LogP contribution < -0.4 is 20.4 Å². The van der Waals surface area contributed by atoms with Crippen molar-refractivity contribution in [2.45, 2.75) is 6.54 Å². The fourth-order valence-electron chi connectivity index (χ4n) is 2.56. The zero-order valence-corrected chi connectivity index (χ0v) is 12.7. The van der Waals surface area contributed by atoms with E-state index >= 15 is 0 Å². The summed E-state index contributed by atoms with van der Waals surface area (Å²) in [6.45, 7) is 0.633. The summed E-state index contributed by atoms with van der Waals surface area (Å²) in [5.41, 5.74) is 1.76. The van der Waals surface area contributed by atoms with Crippen molar-refractivity contribution in [3.05, 3.63) is 63.5 Å². The van der Waals surface area contributed by atoms with Gasteiger partial charge in [-0.3, -0.25) is 0 Å². The minimum atomic E-state index is -0.403. The number of fused-ring (bicyclic) bond motifs is 2. The van der Waals surface area contributed by atoms with Gasteiger partial charge in [-0.15, -0.1) is 0 Å². The first-order valence-electron chi connectivity index (χ1n) is 7.05. The maximum Gasteiger partial charge on any atom is 0.336 e. The molecule has 1 aliphatic heterocycles. The van der Waals surface area contributed by atoms with E-state index in [-0.39, 0.29) is 6.79 Å². The van der Waals surface area contributed by atoms with Crippen LogP contribution in [0.3, 0.4) is 0 Å². The fourth-order valence-corrected chi connectivity index (χ4v) is 2.75. The molecule has 6 heteroatoms. The first-order valence-corrected chi connectivity index (χ1v) is 7.43. The first-order chi connectivity index (χ1) is 11.2. The summed E-state index contributed by atoms with van der Waals surface area (Å²) in [5.74, 6) is 1.23. The lowest BCUT2D eigenvalue weighted by Crippen LogP contribution is -2.05. The second-order valence-corrected chi connectivity index (χ2v) is 5.59. The second kappa shape index (κ2) is 5.52. The van der Waals surface area contributed by atoms with Gasteiger partial charge in [0.2, 0.25) is 6.79 Å². The molecular formula is C17H12ClNO4. The van der Waals surface area contributed by atoms with Gasteiger partial charge in [0.05, 0.1) is 0 Å². The number of rotatable bonds is 3. The molecule has 3 aromatic rings. The zero-order chi connectivity index (χ0) is 15.8. The molecule has 1 aliphatic rings. The summed E-state index contributed by atoms with van der Waals surface area (Å²) in [6.07, 6.45) is 0. The molecule has 0 aliphatic carbocycles. The Morgan fingerprint density at radius 1 is 1.09 bits per heavy atom. The molecule has 4 rings (SSSR count). The van der Waals surface area contributed by atoms with Gasteiger partial charge in [-0.25, -0.2) is 4.79 Å². The van der Waals surface area contributed by atoms with E-state index in [0.717, 1.165) is 16.6 Å². The monoisotopic (exact) mass is 329 g/mol. The van der Waals surface area contributed by atoms with Gasteiger partial charge in [-0.1, -0.05) is 17.7 Å². The minimum absolute atomic E-state index is 0.173. The SMILES string of the molecule is O=c1cc(CNc2cccc(Cl)c2)c2cc3c(cc2o1)OCO3. The van der Waals surface area contributed by atoms with Crippen LogP contribution in [0.4, 0.5) is 5.69 Å². The molecule has 5 nitrogen and oxygen atoms in total. The first kappa shape index (κ1) is 14.0. The predicted molar refractivity (Wildman–Crippen MR) is 87.4 cm³/mol. The van der Waals surface area contributed by atoms with Crippen molar-refractivity contribution in [1.29, 1.82) is 0 Å². The average molecular weight is 330 g/mol. The van der Waals surface area contributed by atoms with Crippen LogP contribution in [0.2, 0.25) is 5.02 Å². The quantitative estimate of drug-likeness (QED) is 0.741. The molecule has 23 heavy (non-hydrogen) atoms. The van der Waals surface area contributed by atoms with E-state index in [9.17, 15) is 4.79 Å². The zero-order valence-electron chi connectivity index (χ0n) is 12.0. The third kappa shape index (κ3) is 2.71. The van der Waals surface area contributed by atoms with Crippen molar-refractivity contribution in [3.63, 3.8) is 0 Å². The lowest BCUT2D eigenvalue weighted by molar-refractivity contribution is 0.174. The molecule has 2 aromatic carbocycles. The van der Waals surface area contributed by atoms with Crippen molar-refractivity contribution >= 4 is 28.3 Å². The molecule has 1 aromatic heterocycles. The highest BCUT2D eigenvalue weighted by Gasteiger charge is 2.17. The summed E-state index contributed by atoms with van der Waals surface area (Å²) in [7, 11) is 0. The van der Waals surface area contributed by atoms with E-state index < -0.39 is 5.63 Å². The molecule has 0 fully saturated rings. The average Bonchev–Trinajstić information content (AvgIpc) is 2.98. The highest BCUT2D eigenvalue weighted by molar-refractivity contribution is 6.30. The Kier molecular flexibility index (Phi) is 3.35. The Bertz CT molecular complexity index is 951. The smallest absolute Gasteiger partial charge is 0.336 e. The Morgan fingerprint density at radius 2 is 1.91 bits per heavy atom. The maximum atomic E-state index is 11.8. The Balaban J connectivity index is 1.72. The maximum absolute atomic E-state index is 11.8. The summed E-state index contributed by atoms with van der Waals surface area (Å²) in [4.78, 5) is 11.8. The van der Waals surface area contributed by atoms with Crippen molar-refractivity contribution in [2.24, 2.45) is 0 Å². The third-order valence-electron chi connectivity index (χ3n) is 3.63. The molecule has 116 valence electrons. The number of nitrogens with one attached hydrogen (secondary N) is 1. The Hall–Kier alpha value is -2.66. The normalized spacial score (nSPS) is 12.6. The summed E-state index contributed by atoms with van der Waals surface area (Å²) < 4.78 is 16.0. The molecular weight excluding hydrogens is 318 g/mol. The fraction of sp³-hybridized carbons (Fsp3) is 0.118. The van der Waals surface area contributed by atoms with Crippen molar-refractivity contribution in [2.75, 3.05) is 12.1 Å². The molecule has 0 saturated heterocycles. The van der Waals surface area contributed by atoms with Gasteiger partial charge in [0, 0.05) is 34.8 Å². The van der Waals surface area contributed by atoms with Crippen molar-refractivity contribution < 1.29 is 13.9 Å². The van der Waals surface area contributed by atoms with Crippen LogP contribution in [0.1, 0.15) is 5.56 Å². The Morgan fingerprint density at radius 3 is 2.74 bits per heavy atom. The lowest BCUT2D eigenvalue weighted by atomic mass is 10.1. The number of benzene rings is 2. The molecule has 1 N–H and O–H groups in total. The summed E-state index contributed by atoms with van der Waals surface area (Å²) >= 11 is 5.98. The van der Waals surface area contributed by atoms with E-state index in [2.05, 4.69) is 5.32 Å². The highest BCUT2D eigenvalue weighted by Crippen LogP contribution is 2.36. The van der Waals surface area contributed by atoms with Gasteiger partial charge in [0.1, 0.15) is 5.58 Å². The molecule has 2 heterocycles. The number of ether oxygens (including phenoxy) is 2. The molecule has 0 bridgehead atoms. The van der Waals surface area contributed by atoms with Crippen LogP contribution in [-0.2, 0) is 6.54 Å². The molecule has 0 amide bonds. The molecule has 0 atom stereocenters. The third-order valence-corrected chi connectivity index (χ3v) is 3.87. The summed E-state index contributed by atoms with van der Waals surface area (Å²) in [6, 6.07) is 12.4. The van der Waals surface area contributed by atoms with E-state index in [1.165, 1.54) is 6.07 Å². The van der Waals surface area contributed by atoms with Gasteiger partial charge in [0.25, 0.3) is 0 Å². The van der Waals surface area contributed by atoms with Crippen LogP contribution in [0.25, 0.3) is 11.0 Å². The van der Waals surface area contributed by atoms with Gasteiger partial charge in [-0.2, -0.15) is 0 Å². The van der Waals surface area contributed by atoms with Crippen LogP contribution in [-0.4, -0.2) is 6.79 Å². The predicted octanol–water partition coefficient (Wildman–Crippen LogP) is 3.79. The highest BCUT2D eigenvalue weighted by atomic mass is 35.5.